The number of H-pyrrole nitrogens is 1. The summed E-state index contributed by atoms with van der Waals surface area (Å²) in [4.78, 5) is 26.1. The average Bonchev–Trinajstić information content (AvgIpc) is 2.38. The van der Waals surface area contributed by atoms with Crippen LogP contribution in [0.5, 0.6) is 0 Å². The second kappa shape index (κ2) is 6.52. The van der Waals surface area contributed by atoms with Crippen molar-refractivity contribution in [2.75, 3.05) is 19.8 Å². The first-order valence-corrected chi connectivity index (χ1v) is 6.72. The van der Waals surface area contributed by atoms with Crippen LogP contribution in [0.2, 0.25) is 0 Å². The van der Waals surface area contributed by atoms with E-state index in [-0.39, 0.29) is 11.3 Å². The summed E-state index contributed by atoms with van der Waals surface area (Å²) in [5, 5.41) is 2.84. The molecule has 0 bridgehead atoms. The third-order valence-electron chi connectivity index (χ3n) is 3.31. The smallest absolute Gasteiger partial charge is 0.267 e. The number of rotatable bonds is 4. The minimum absolute atomic E-state index is 0.151. The molecule has 1 aliphatic rings. The highest BCUT2D eigenvalue weighted by Crippen LogP contribution is 2.16. The van der Waals surface area contributed by atoms with Gasteiger partial charge >= 0.3 is 0 Å². The molecular formula is C14H20N2O3. The van der Waals surface area contributed by atoms with Gasteiger partial charge in [0.2, 0.25) is 0 Å². The van der Waals surface area contributed by atoms with Crippen molar-refractivity contribution in [3.8, 4) is 0 Å². The van der Waals surface area contributed by atoms with Crippen LogP contribution in [0.1, 0.15) is 35.4 Å². The summed E-state index contributed by atoms with van der Waals surface area (Å²) in [7, 11) is 0. The monoisotopic (exact) mass is 264 g/mol. The normalized spacial score (nSPS) is 19.1. The van der Waals surface area contributed by atoms with Gasteiger partial charge in [0.05, 0.1) is 0 Å². The first-order valence-electron chi connectivity index (χ1n) is 6.72. The van der Waals surface area contributed by atoms with Gasteiger partial charge in [-0.25, -0.2) is 0 Å². The Morgan fingerprint density at radius 2 is 2.37 bits per heavy atom. The zero-order chi connectivity index (χ0) is 13.7. The Kier molecular flexibility index (Phi) is 4.74. The number of aryl methyl sites for hydroxylation is 1. The molecule has 0 aromatic carbocycles. The van der Waals surface area contributed by atoms with Gasteiger partial charge in [0, 0.05) is 37.6 Å². The molecule has 19 heavy (non-hydrogen) atoms. The van der Waals surface area contributed by atoms with E-state index in [4.69, 9.17) is 4.74 Å². The molecule has 1 atom stereocenters. The quantitative estimate of drug-likeness (QED) is 0.859. The molecule has 1 aliphatic heterocycles. The number of carbonyl (C=O) groups is 1. The van der Waals surface area contributed by atoms with E-state index >= 15 is 0 Å². The van der Waals surface area contributed by atoms with Crippen LogP contribution >= 0.6 is 0 Å². The van der Waals surface area contributed by atoms with Gasteiger partial charge in [-0.3, -0.25) is 9.59 Å². The predicted octanol–water partition coefficient (Wildman–Crippen LogP) is 1.23. The van der Waals surface area contributed by atoms with Crippen molar-refractivity contribution in [1.82, 2.24) is 10.3 Å². The van der Waals surface area contributed by atoms with E-state index < -0.39 is 0 Å². The Bertz CT molecular complexity index is 490. The Morgan fingerprint density at radius 1 is 1.53 bits per heavy atom. The van der Waals surface area contributed by atoms with Gasteiger partial charge in [-0.1, -0.05) is 0 Å². The van der Waals surface area contributed by atoms with E-state index in [9.17, 15) is 9.59 Å². The lowest BCUT2D eigenvalue weighted by atomic mass is 9.99. The van der Waals surface area contributed by atoms with E-state index in [1.165, 1.54) is 12.1 Å². The second-order valence-corrected chi connectivity index (χ2v) is 5.04. The lowest BCUT2D eigenvalue weighted by Crippen LogP contribution is -2.29. The summed E-state index contributed by atoms with van der Waals surface area (Å²) < 4.78 is 5.40. The number of hydrogen-bond donors (Lipinski definition) is 2. The van der Waals surface area contributed by atoms with Crippen molar-refractivity contribution >= 4 is 5.91 Å². The van der Waals surface area contributed by atoms with Gasteiger partial charge in [0.15, 0.2) is 5.43 Å². The SMILES string of the molecule is Cc1cc(=O)cc(C(=O)NCCC2CCCOC2)[nH]1. The maximum absolute atomic E-state index is 11.9. The third kappa shape index (κ3) is 4.21. The molecule has 2 heterocycles. The summed E-state index contributed by atoms with van der Waals surface area (Å²) in [6.45, 7) is 4.02. The van der Waals surface area contributed by atoms with E-state index in [0.29, 0.717) is 23.9 Å². The van der Waals surface area contributed by atoms with E-state index in [0.717, 1.165) is 32.5 Å². The first-order chi connectivity index (χ1) is 9.15. The van der Waals surface area contributed by atoms with Gasteiger partial charge in [0.25, 0.3) is 5.91 Å². The van der Waals surface area contributed by atoms with Gasteiger partial charge < -0.3 is 15.0 Å². The number of nitrogens with one attached hydrogen (secondary N) is 2. The molecule has 2 rings (SSSR count). The predicted molar refractivity (Wildman–Crippen MR) is 72.3 cm³/mol. The molecule has 5 nitrogen and oxygen atoms in total. The largest absolute Gasteiger partial charge is 0.381 e. The molecule has 1 aromatic rings. The fourth-order valence-electron chi connectivity index (χ4n) is 2.32. The van der Waals surface area contributed by atoms with Crippen molar-refractivity contribution in [3.05, 3.63) is 33.7 Å². The van der Waals surface area contributed by atoms with Crippen molar-refractivity contribution < 1.29 is 9.53 Å². The first kappa shape index (κ1) is 13.8. The summed E-state index contributed by atoms with van der Waals surface area (Å²) in [6.07, 6.45) is 3.18. The molecule has 1 unspecified atom stereocenters. The topological polar surface area (TPSA) is 71.2 Å². The number of aromatic nitrogens is 1. The van der Waals surface area contributed by atoms with Crippen LogP contribution in [0.15, 0.2) is 16.9 Å². The molecule has 2 N–H and O–H groups in total. The van der Waals surface area contributed by atoms with Crippen molar-refractivity contribution in [1.29, 1.82) is 0 Å². The van der Waals surface area contributed by atoms with Gasteiger partial charge in [0.1, 0.15) is 5.69 Å². The highest BCUT2D eigenvalue weighted by molar-refractivity contribution is 5.92. The highest BCUT2D eigenvalue weighted by atomic mass is 16.5. The minimum atomic E-state index is -0.225. The van der Waals surface area contributed by atoms with Crippen molar-refractivity contribution in [2.45, 2.75) is 26.2 Å². The molecule has 1 saturated heterocycles. The Balaban J connectivity index is 1.82. The lowest BCUT2D eigenvalue weighted by Gasteiger charge is -2.21. The van der Waals surface area contributed by atoms with Crippen LogP contribution in [0.3, 0.4) is 0 Å². The van der Waals surface area contributed by atoms with Gasteiger partial charge in [-0.05, 0) is 32.1 Å². The third-order valence-corrected chi connectivity index (χ3v) is 3.31. The van der Waals surface area contributed by atoms with E-state index in [1.54, 1.807) is 6.92 Å². The van der Waals surface area contributed by atoms with E-state index in [2.05, 4.69) is 10.3 Å². The van der Waals surface area contributed by atoms with Gasteiger partial charge in [-0.2, -0.15) is 0 Å². The Hall–Kier alpha value is -1.62. The fourth-order valence-corrected chi connectivity index (χ4v) is 2.32. The lowest BCUT2D eigenvalue weighted by molar-refractivity contribution is 0.0514. The molecule has 1 aromatic heterocycles. The number of pyridine rings is 1. The molecule has 0 spiro atoms. The van der Waals surface area contributed by atoms with E-state index in [1.807, 2.05) is 0 Å². The van der Waals surface area contributed by atoms with Crippen molar-refractivity contribution in [3.63, 3.8) is 0 Å². The van der Waals surface area contributed by atoms with Gasteiger partial charge in [-0.15, -0.1) is 0 Å². The molecule has 0 saturated carbocycles. The molecule has 0 aliphatic carbocycles. The van der Waals surface area contributed by atoms with Crippen LogP contribution in [-0.2, 0) is 4.74 Å². The number of aromatic amines is 1. The molecule has 1 fully saturated rings. The molecule has 5 heteroatoms. The zero-order valence-electron chi connectivity index (χ0n) is 11.2. The Labute approximate surface area is 112 Å². The van der Waals surface area contributed by atoms with Crippen LogP contribution in [0.4, 0.5) is 0 Å². The maximum Gasteiger partial charge on any atom is 0.267 e. The summed E-state index contributed by atoms with van der Waals surface area (Å²) >= 11 is 0. The maximum atomic E-state index is 11.9. The number of hydrogen-bond acceptors (Lipinski definition) is 3. The number of amides is 1. The summed E-state index contributed by atoms with van der Waals surface area (Å²) in [5.74, 6) is 0.308. The summed E-state index contributed by atoms with van der Waals surface area (Å²) in [6, 6.07) is 2.79. The number of ether oxygens (including phenoxy) is 1. The standard InChI is InChI=1S/C14H20N2O3/c1-10-7-12(17)8-13(16-10)14(18)15-5-4-11-3-2-6-19-9-11/h7-8,11H,2-6,9H2,1H3,(H,15,18)(H,16,17). The fraction of sp³-hybridized carbons (Fsp3) is 0.571. The second-order valence-electron chi connectivity index (χ2n) is 5.04. The van der Waals surface area contributed by atoms with Crippen LogP contribution in [-0.4, -0.2) is 30.6 Å². The highest BCUT2D eigenvalue weighted by Gasteiger charge is 2.14. The number of carbonyl (C=O) groups excluding carboxylic acids is 1. The van der Waals surface area contributed by atoms with Crippen LogP contribution < -0.4 is 10.7 Å². The Morgan fingerprint density at radius 3 is 3.05 bits per heavy atom. The molecule has 104 valence electrons. The minimum Gasteiger partial charge on any atom is -0.381 e. The zero-order valence-corrected chi connectivity index (χ0v) is 11.2. The van der Waals surface area contributed by atoms with Crippen molar-refractivity contribution in [2.24, 2.45) is 5.92 Å². The average molecular weight is 264 g/mol. The molecule has 1 amide bonds. The molecular weight excluding hydrogens is 244 g/mol. The summed E-state index contributed by atoms with van der Waals surface area (Å²) in [5.41, 5.74) is 0.866. The van der Waals surface area contributed by atoms with Crippen LogP contribution in [0.25, 0.3) is 0 Å². The molecule has 0 radical (unpaired) electrons. The van der Waals surface area contributed by atoms with Crippen LogP contribution in [0, 0.1) is 12.8 Å².